The van der Waals surface area contributed by atoms with Gasteiger partial charge in [-0.1, -0.05) is 47.6 Å². The van der Waals surface area contributed by atoms with E-state index < -0.39 is 5.97 Å². The molecule has 0 aliphatic rings. The molecule has 0 aliphatic carbocycles. The van der Waals surface area contributed by atoms with Crippen LogP contribution in [-0.4, -0.2) is 47.6 Å². The first-order chi connectivity index (χ1) is 18.4. The fraction of sp³-hybridized carbons (Fsp3) is 0.185. The Balaban J connectivity index is 1.44. The number of hydrazone groups is 1. The van der Waals surface area contributed by atoms with Crippen LogP contribution < -0.4 is 19.6 Å². The topological polar surface area (TPSA) is 104 Å². The number of rotatable bonds is 10. The number of fused-ring (bicyclic) bond motifs is 1. The van der Waals surface area contributed by atoms with Gasteiger partial charge in [0.15, 0.2) is 16.7 Å². The van der Waals surface area contributed by atoms with Crippen LogP contribution >= 0.6 is 23.4 Å². The van der Waals surface area contributed by atoms with E-state index in [1.54, 1.807) is 12.1 Å². The monoisotopic (exact) mass is 552 g/mol. The summed E-state index contributed by atoms with van der Waals surface area (Å²) in [5.74, 6) is 0.0621. The number of imidazole rings is 1. The Morgan fingerprint density at radius 2 is 1.76 bits per heavy atom. The largest absolute Gasteiger partial charge is 0.493 e. The van der Waals surface area contributed by atoms with Gasteiger partial charge in [-0.2, -0.15) is 5.10 Å². The molecule has 0 bridgehead atoms. The lowest BCUT2D eigenvalue weighted by atomic mass is 10.2. The van der Waals surface area contributed by atoms with Gasteiger partial charge in [0.05, 0.1) is 43.8 Å². The zero-order valence-electron chi connectivity index (χ0n) is 20.9. The summed E-state index contributed by atoms with van der Waals surface area (Å²) in [6, 6.07) is 18.7. The standard InChI is InChI=1S/C27H25ClN4O5S/c1-17(33)37-26-23(35-2)12-19(13-24(26)36-3)14-29-31-25(34)16-38-27-30-21-6-4-5-7-22(21)32(27)15-18-8-10-20(28)11-9-18/h4-14H,15-16H2,1-3H3,(H,31,34)/b29-14+. The first kappa shape index (κ1) is 27.0. The fourth-order valence-corrected chi connectivity index (χ4v) is 4.58. The summed E-state index contributed by atoms with van der Waals surface area (Å²) < 4.78 is 17.9. The number of carbonyl (C=O) groups is 2. The average Bonchev–Trinajstić information content (AvgIpc) is 3.26. The number of halogens is 1. The second-order valence-corrected chi connectivity index (χ2v) is 9.40. The summed E-state index contributed by atoms with van der Waals surface area (Å²) in [6.07, 6.45) is 1.45. The Morgan fingerprint density at radius 3 is 2.42 bits per heavy atom. The van der Waals surface area contributed by atoms with Gasteiger partial charge in [0.2, 0.25) is 5.75 Å². The first-order valence-electron chi connectivity index (χ1n) is 11.5. The van der Waals surface area contributed by atoms with Crippen LogP contribution in [0.1, 0.15) is 18.1 Å². The molecular formula is C27H25ClN4O5S. The van der Waals surface area contributed by atoms with Crippen LogP contribution in [0.5, 0.6) is 17.2 Å². The van der Waals surface area contributed by atoms with Gasteiger partial charge in [-0.15, -0.1) is 0 Å². The summed E-state index contributed by atoms with van der Waals surface area (Å²) in [6.45, 7) is 1.88. The maximum Gasteiger partial charge on any atom is 0.308 e. The lowest BCUT2D eigenvalue weighted by Crippen LogP contribution is -2.20. The number of nitrogens with one attached hydrogen (secondary N) is 1. The second kappa shape index (κ2) is 12.5. The Hall–Kier alpha value is -4.02. The number of para-hydroxylation sites is 2. The summed E-state index contributed by atoms with van der Waals surface area (Å²) in [5, 5.41) is 5.43. The van der Waals surface area contributed by atoms with Crippen molar-refractivity contribution < 1.29 is 23.8 Å². The van der Waals surface area contributed by atoms with Crippen LogP contribution in [0, 0.1) is 0 Å². The molecule has 0 fully saturated rings. The predicted molar refractivity (Wildman–Crippen MR) is 148 cm³/mol. The Kier molecular flexibility index (Phi) is 8.88. The lowest BCUT2D eigenvalue weighted by Gasteiger charge is -2.13. The number of hydrogen-bond acceptors (Lipinski definition) is 8. The highest BCUT2D eigenvalue weighted by Crippen LogP contribution is 2.38. The van der Waals surface area contributed by atoms with Crippen LogP contribution in [0.25, 0.3) is 11.0 Å². The molecule has 4 aromatic rings. The first-order valence-corrected chi connectivity index (χ1v) is 12.8. The molecule has 9 nitrogen and oxygen atoms in total. The van der Waals surface area contributed by atoms with Crippen molar-refractivity contribution in [3.63, 3.8) is 0 Å². The molecule has 3 aromatic carbocycles. The second-order valence-electron chi connectivity index (χ2n) is 8.03. The number of hydrogen-bond donors (Lipinski definition) is 1. The van der Waals surface area contributed by atoms with Gasteiger partial charge in [0, 0.05) is 17.5 Å². The SMILES string of the molecule is COc1cc(/C=N/NC(=O)CSc2nc3ccccc3n2Cc2ccc(Cl)cc2)cc(OC)c1OC(C)=O. The molecule has 0 aliphatic heterocycles. The number of amides is 1. The van der Waals surface area contributed by atoms with Gasteiger partial charge >= 0.3 is 5.97 Å². The molecular weight excluding hydrogens is 528 g/mol. The number of benzene rings is 3. The molecule has 11 heteroatoms. The van der Waals surface area contributed by atoms with E-state index in [9.17, 15) is 9.59 Å². The Morgan fingerprint density at radius 1 is 1.08 bits per heavy atom. The molecule has 1 heterocycles. The maximum atomic E-state index is 12.5. The number of methoxy groups -OCH3 is 2. The number of thioether (sulfide) groups is 1. The minimum atomic E-state index is -0.505. The number of nitrogens with zero attached hydrogens (tertiary/aromatic N) is 3. The van der Waals surface area contributed by atoms with Crippen molar-refractivity contribution in [1.29, 1.82) is 0 Å². The zero-order valence-corrected chi connectivity index (χ0v) is 22.5. The number of ether oxygens (including phenoxy) is 3. The molecule has 0 radical (unpaired) electrons. The molecule has 38 heavy (non-hydrogen) atoms. The van der Waals surface area contributed by atoms with E-state index in [2.05, 4.69) is 15.1 Å². The van der Waals surface area contributed by atoms with E-state index in [-0.39, 0.29) is 17.4 Å². The average molecular weight is 553 g/mol. The third kappa shape index (κ3) is 6.64. The van der Waals surface area contributed by atoms with Crippen LogP contribution in [0.3, 0.4) is 0 Å². The molecule has 0 spiro atoms. The summed E-state index contributed by atoms with van der Waals surface area (Å²) in [5.41, 5.74) is 5.99. The van der Waals surface area contributed by atoms with E-state index in [1.165, 1.54) is 39.1 Å². The van der Waals surface area contributed by atoms with E-state index in [0.717, 1.165) is 21.8 Å². The van der Waals surface area contributed by atoms with E-state index in [0.29, 0.717) is 28.6 Å². The van der Waals surface area contributed by atoms with Crippen molar-refractivity contribution in [3.05, 3.63) is 76.8 Å². The van der Waals surface area contributed by atoms with Gasteiger partial charge in [0.1, 0.15) is 0 Å². The van der Waals surface area contributed by atoms with Crippen molar-refractivity contribution in [3.8, 4) is 17.2 Å². The third-order valence-corrected chi connectivity index (χ3v) is 6.57. The van der Waals surface area contributed by atoms with Crippen molar-refractivity contribution in [1.82, 2.24) is 15.0 Å². The summed E-state index contributed by atoms with van der Waals surface area (Å²) in [7, 11) is 2.89. The summed E-state index contributed by atoms with van der Waals surface area (Å²) >= 11 is 7.35. The maximum absolute atomic E-state index is 12.5. The zero-order chi connectivity index (χ0) is 27.1. The molecule has 1 amide bonds. The molecule has 1 aromatic heterocycles. The van der Waals surface area contributed by atoms with Crippen molar-refractivity contribution in [2.75, 3.05) is 20.0 Å². The van der Waals surface area contributed by atoms with E-state index in [4.69, 9.17) is 30.8 Å². The van der Waals surface area contributed by atoms with Crippen molar-refractivity contribution in [2.24, 2.45) is 5.10 Å². The molecule has 196 valence electrons. The Labute approximate surface area is 228 Å². The number of carbonyl (C=O) groups excluding carboxylic acids is 2. The minimum Gasteiger partial charge on any atom is -0.493 e. The highest BCUT2D eigenvalue weighted by Gasteiger charge is 2.16. The van der Waals surface area contributed by atoms with Gasteiger partial charge in [-0.05, 0) is 42.0 Å². The predicted octanol–water partition coefficient (Wildman–Crippen LogP) is 4.92. The normalized spacial score (nSPS) is 11.1. The van der Waals surface area contributed by atoms with Crippen LogP contribution in [0.4, 0.5) is 0 Å². The minimum absolute atomic E-state index is 0.110. The molecule has 1 N–H and O–H groups in total. The molecule has 0 atom stereocenters. The highest BCUT2D eigenvalue weighted by atomic mass is 35.5. The van der Waals surface area contributed by atoms with Gasteiger partial charge < -0.3 is 18.8 Å². The van der Waals surface area contributed by atoms with Gasteiger partial charge in [-0.25, -0.2) is 10.4 Å². The van der Waals surface area contributed by atoms with Gasteiger partial charge in [0.25, 0.3) is 5.91 Å². The fourth-order valence-electron chi connectivity index (χ4n) is 3.65. The molecule has 4 rings (SSSR count). The molecule has 0 saturated carbocycles. The van der Waals surface area contributed by atoms with Crippen LogP contribution in [-0.2, 0) is 16.1 Å². The summed E-state index contributed by atoms with van der Waals surface area (Å²) in [4.78, 5) is 28.7. The Bertz CT molecular complexity index is 1460. The lowest BCUT2D eigenvalue weighted by molar-refractivity contribution is -0.132. The quantitative estimate of drug-likeness (QED) is 0.0978. The van der Waals surface area contributed by atoms with Crippen molar-refractivity contribution >= 4 is 52.5 Å². The smallest absolute Gasteiger partial charge is 0.308 e. The van der Waals surface area contributed by atoms with E-state index in [1.807, 2.05) is 48.5 Å². The number of aromatic nitrogens is 2. The van der Waals surface area contributed by atoms with Crippen molar-refractivity contribution in [2.45, 2.75) is 18.6 Å². The molecule has 0 unspecified atom stereocenters. The van der Waals surface area contributed by atoms with Gasteiger partial charge in [-0.3, -0.25) is 9.59 Å². The highest BCUT2D eigenvalue weighted by molar-refractivity contribution is 7.99. The number of esters is 1. The molecule has 0 saturated heterocycles. The van der Waals surface area contributed by atoms with Crippen LogP contribution in [0.2, 0.25) is 5.02 Å². The van der Waals surface area contributed by atoms with E-state index >= 15 is 0 Å². The third-order valence-electron chi connectivity index (χ3n) is 5.34. The van der Waals surface area contributed by atoms with Crippen LogP contribution in [0.15, 0.2) is 70.9 Å².